The molecule has 19 heavy (non-hydrogen) atoms. The monoisotopic (exact) mass is 262 g/mol. The number of hydrogen-bond donors (Lipinski definition) is 2. The number of likely N-dealkylation sites (N-methyl/N-ethyl adjacent to an activating group) is 1. The molecular weight excluding hydrogens is 247 g/mol. The highest BCUT2D eigenvalue weighted by Gasteiger charge is 2.29. The number of benzene rings is 1. The molecule has 1 atom stereocenters. The lowest BCUT2D eigenvalue weighted by molar-refractivity contribution is -0.122. The van der Waals surface area contributed by atoms with Crippen LogP contribution in [0.15, 0.2) is 18.2 Å². The van der Waals surface area contributed by atoms with E-state index in [0.717, 1.165) is 6.54 Å². The number of nitriles is 1. The Labute approximate surface area is 111 Å². The molecule has 5 nitrogen and oxygen atoms in total. The van der Waals surface area contributed by atoms with Gasteiger partial charge in [0.1, 0.15) is 17.9 Å². The van der Waals surface area contributed by atoms with Crippen LogP contribution >= 0.6 is 0 Å². The second kappa shape index (κ2) is 5.67. The van der Waals surface area contributed by atoms with Gasteiger partial charge in [-0.05, 0) is 18.2 Å². The standard InChI is InChI=1S/C13H15FN4O/c1-16-13(19)12-8-17-4-5-18(12)11-3-2-10(14)6-9(11)7-15/h2-3,6,12,17H,4-5,8H2,1H3,(H,16,19). The molecule has 1 aliphatic rings. The lowest BCUT2D eigenvalue weighted by Crippen LogP contribution is -2.57. The van der Waals surface area contributed by atoms with Crippen LogP contribution in [0.5, 0.6) is 0 Å². The minimum Gasteiger partial charge on any atom is -0.357 e. The van der Waals surface area contributed by atoms with Gasteiger partial charge in [-0.2, -0.15) is 5.26 Å². The average Bonchev–Trinajstić information content (AvgIpc) is 2.46. The van der Waals surface area contributed by atoms with Gasteiger partial charge in [0.15, 0.2) is 0 Å². The van der Waals surface area contributed by atoms with Gasteiger partial charge in [0, 0.05) is 26.7 Å². The summed E-state index contributed by atoms with van der Waals surface area (Å²) in [5, 5.41) is 14.8. The second-order valence-corrected chi connectivity index (χ2v) is 4.30. The molecule has 100 valence electrons. The molecule has 1 amide bonds. The average molecular weight is 262 g/mol. The molecule has 0 bridgehead atoms. The molecule has 1 heterocycles. The van der Waals surface area contributed by atoms with Crippen LogP contribution < -0.4 is 15.5 Å². The van der Waals surface area contributed by atoms with Crippen LogP contribution in [0.4, 0.5) is 10.1 Å². The van der Waals surface area contributed by atoms with Gasteiger partial charge in [0.05, 0.1) is 11.3 Å². The van der Waals surface area contributed by atoms with Crippen LogP contribution in [0.3, 0.4) is 0 Å². The molecule has 1 aromatic carbocycles. The lowest BCUT2D eigenvalue weighted by Gasteiger charge is -2.37. The molecule has 1 saturated heterocycles. The van der Waals surface area contributed by atoms with E-state index in [4.69, 9.17) is 5.26 Å². The van der Waals surface area contributed by atoms with E-state index in [1.807, 2.05) is 11.0 Å². The number of piperazine rings is 1. The van der Waals surface area contributed by atoms with Gasteiger partial charge in [-0.3, -0.25) is 4.79 Å². The van der Waals surface area contributed by atoms with Crippen molar-refractivity contribution in [1.82, 2.24) is 10.6 Å². The number of amides is 1. The van der Waals surface area contributed by atoms with Crippen molar-refractivity contribution in [2.75, 3.05) is 31.6 Å². The maximum Gasteiger partial charge on any atom is 0.243 e. The summed E-state index contributed by atoms with van der Waals surface area (Å²) >= 11 is 0. The van der Waals surface area contributed by atoms with E-state index >= 15 is 0 Å². The van der Waals surface area contributed by atoms with E-state index in [-0.39, 0.29) is 11.5 Å². The Bertz CT molecular complexity index is 526. The fourth-order valence-electron chi connectivity index (χ4n) is 2.24. The van der Waals surface area contributed by atoms with Gasteiger partial charge in [-0.1, -0.05) is 0 Å². The van der Waals surface area contributed by atoms with Crippen LogP contribution in [0.1, 0.15) is 5.56 Å². The van der Waals surface area contributed by atoms with Crippen LogP contribution in [0.2, 0.25) is 0 Å². The van der Waals surface area contributed by atoms with E-state index in [2.05, 4.69) is 10.6 Å². The second-order valence-electron chi connectivity index (χ2n) is 4.30. The number of nitrogens with zero attached hydrogens (tertiary/aromatic N) is 2. The highest BCUT2D eigenvalue weighted by Crippen LogP contribution is 2.24. The minimum absolute atomic E-state index is 0.125. The highest BCUT2D eigenvalue weighted by molar-refractivity contribution is 5.86. The Hall–Kier alpha value is -2.13. The molecule has 0 spiro atoms. The fraction of sp³-hybridized carbons (Fsp3) is 0.385. The van der Waals surface area contributed by atoms with E-state index in [0.29, 0.717) is 18.8 Å². The third-order valence-electron chi connectivity index (χ3n) is 3.18. The largest absolute Gasteiger partial charge is 0.357 e. The smallest absolute Gasteiger partial charge is 0.243 e. The fourth-order valence-corrected chi connectivity index (χ4v) is 2.24. The first-order chi connectivity index (χ1) is 9.17. The summed E-state index contributed by atoms with van der Waals surface area (Å²) < 4.78 is 13.2. The van der Waals surface area contributed by atoms with E-state index in [1.165, 1.54) is 12.1 Å². The quantitative estimate of drug-likeness (QED) is 0.800. The van der Waals surface area contributed by atoms with Crippen molar-refractivity contribution in [1.29, 1.82) is 5.26 Å². The number of hydrogen-bond acceptors (Lipinski definition) is 4. The Morgan fingerprint density at radius 2 is 2.42 bits per heavy atom. The predicted molar refractivity (Wildman–Crippen MR) is 69.2 cm³/mol. The third kappa shape index (κ3) is 2.66. The summed E-state index contributed by atoms with van der Waals surface area (Å²) in [6.45, 7) is 1.82. The number of carbonyl (C=O) groups excluding carboxylic acids is 1. The van der Waals surface area contributed by atoms with E-state index in [1.54, 1.807) is 13.1 Å². The normalized spacial score (nSPS) is 18.8. The number of nitrogens with one attached hydrogen (secondary N) is 2. The highest BCUT2D eigenvalue weighted by atomic mass is 19.1. The summed E-state index contributed by atoms with van der Waals surface area (Å²) in [4.78, 5) is 13.7. The first-order valence-electron chi connectivity index (χ1n) is 6.06. The summed E-state index contributed by atoms with van der Waals surface area (Å²) in [5.74, 6) is -0.577. The minimum atomic E-state index is -0.452. The van der Waals surface area contributed by atoms with Crippen LogP contribution in [-0.2, 0) is 4.79 Å². The SMILES string of the molecule is CNC(=O)C1CNCCN1c1ccc(F)cc1C#N. The van der Waals surface area contributed by atoms with Crippen LogP contribution in [-0.4, -0.2) is 38.6 Å². The van der Waals surface area contributed by atoms with Crippen molar-refractivity contribution in [2.24, 2.45) is 0 Å². The molecular formula is C13H15FN4O. The Balaban J connectivity index is 2.38. The first kappa shape index (κ1) is 13.3. The van der Waals surface area contributed by atoms with E-state index in [9.17, 15) is 9.18 Å². The Morgan fingerprint density at radius 1 is 1.63 bits per heavy atom. The number of halogens is 1. The van der Waals surface area contributed by atoms with Crippen LogP contribution in [0, 0.1) is 17.1 Å². The van der Waals surface area contributed by atoms with Crippen molar-refractivity contribution in [3.63, 3.8) is 0 Å². The third-order valence-corrected chi connectivity index (χ3v) is 3.18. The number of carbonyl (C=O) groups is 1. The van der Waals surface area contributed by atoms with Crippen molar-refractivity contribution < 1.29 is 9.18 Å². The molecule has 1 aliphatic heterocycles. The van der Waals surface area contributed by atoms with Crippen molar-refractivity contribution >= 4 is 11.6 Å². The van der Waals surface area contributed by atoms with Gasteiger partial charge in [-0.15, -0.1) is 0 Å². The Morgan fingerprint density at radius 3 is 3.11 bits per heavy atom. The molecule has 0 aliphatic carbocycles. The van der Waals surface area contributed by atoms with Gasteiger partial charge in [-0.25, -0.2) is 4.39 Å². The van der Waals surface area contributed by atoms with Gasteiger partial charge in [0.25, 0.3) is 0 Å². The molecule has 1 aromatic rings. The predicted octanol–water partition coefficient (Wildman–Crippen LogP) is 0.222. The Kier molecular flexibility index (Phi) is 3.97. The van der Waals surface area contributed by atoms with Crippen molar-refractivity contribution in [3.05, 3.63) is 29.6 Å². The molecule has 0 saturated carbocycles. The molecule has 6 heteroatoms. The van der Waals surface area contributed by atoms with E-state index < -0.39 is 11.9 Å². The molecule has 2 rings (SSSR count). The number of anilines is 1. The van der Waals surface area contributed by atoms with Crippen molar-refractivity contribution in [3.8, 4) is 6.07 Å². The topological polar surface area (TPSA) is 68.2 Å². The maximum atomic E-state index is 13.2. The summed E-state index contributed by atoms with van der Waals surface area (Å²) in [7, 11) is 1.57. The van der Waals surface area contributed by atoms with Crippen molar-refractivity contribution in [2.45, 2.75) is 6.04 Å². The zero-order valence-electron chi connectivity index (χ0n) is 10.6. The first-order valence-corrected chi connectivity index (χ1v) is 6.06. The van der Waals surface area contributed by atoms with Gasteiger partial charge >= 0.3 is 0 Å². The summed E-state index contributed by atoms with van der Waals surface area (Å²) in [6, 6.07) is 5.63. The molecule has 0 aromatic heterocycles. The van der Waals surface area contributed by atoms with Gasteiger partial charge in [0.2, 0.25) is 5.91 Å². The zero-order chi connectivity index (χ0) is 13.8. The molecule has 0 radical (unpaired) electrons. The molecule has 1 fully saturated rings. The zero-order valence-corrected chi connectivity index (χ0v) is 10.6. The van der Waals surface area contributed by atoms with Crippen LogP contribution in [0.25, 0.3) is 0 Å². The maximum absolute atomic E-state index is 13.2. The summed E-state index contributed by atoms with van der Waals surface area (Å²) in [5.41, 5.74) is 0.842. The van der Waals surface area contributed by atoms with Gasteiger partial charge < -0.3 is 15.5 Å². The summed E-state index contributed by atoms with van der Waals surface area (Å²) in [6.07, 6.45) is 0. The number of rotatable bonds is 2. The lowest BCUT2D eigenvalue weighted by atomic mass is 10.1. The molecule has 1 unspecified atom stereocenters. The molecule has 2 N–H and O–H groups in total.